The summed E-state index contributed by atoms with van der Waals surface area (Å²) < 4.78 is 3.90. The molecule has 2 heterocycles. The number of aryl methyl sites for hydroxylation is 1. The highest BCUT2D eigenvalue weighted by atomic mass is 32.1. The second kappa shape index (κ2) is 5.52. The van der Waals surface area contributed by atoms with Gasteiger partial charge in [-0.2, -0.15) is 0 Å². The molecule has 0 aliphatic carbocycles. The van der Waals surface area contributed by atoms with E-state index in [0.717, 1.165) is 27.7 Å². The summed E-state index contributed by atoms with van der Waals surface area (Å²) in [6, 6.07) is 11.5. The highest BCUT2D eigenvalue weighted by Crippen LogP contribution is 2.28. The summed E-state index contributed by atoms with van der Waals surface area (Å²) in [4.78, 5) is 13.9. The molecular formula is C14H11N3OS2. The van der Waals surface area contributed by atoms with Crippen LogP contribution in [-0.2, 0) is 0 Å². The van der Waals surface area contributed by atoms with Crippen LogP contribution in [0.25, 0.3) is 10.6 Å². The molecule has 6 heteroatoms. The lowest BCUT2D eigenvalue weighted by Crippen LogP contribution is -2.12. The standard InChI is InChI=1S/C14H11N3OS2/c1-9-5-2-3-6-10(9)15-14(18)13-12(16-17-20-13)11-7-4-8-19-11/h2-8H,1H3,(H,15,18). The molecule has 0 saturated carbocycles. The fourth-order valence-corrected chi connectivity index (χ4v) is 3.16. The van der Waals surface area contributed by atoms with E-state index in [2.05, 4.69) is 14.9 Å². The van der Waals surface area contributed by atoms with Gasteiger partial charge in [0.25, 0.3) is 5.91 Å². The average molecular weight is 301 g/mol. The molecular weight excluding hydrogens is 290 g/mol. The van der Waals surface area contributed by atoms with Crippen molar-refractivity contribution in [2.75, 3.05) is 5.32 Å². The molecule has 4 nitrogen and oxygen atoms in total. The van der Waals surface area contributed by atoms with E-state index >= 15 is 0 Å². The average Bonchev–Trinajstić information content (AvgIpc) is 3.11. The SMILES string of the molecule is Cc1ccccc1NC(=O)c1snnc1-c1cccs1. The number of hydrogen-bond acceptors (Lipinski definition) is 5. The molecule has 3 rings (SSSR count). The summed E-state index contributed by atoms with van der Waals surface area (Å²) in [6.07, 6.45) is 0. The lowest BCUT2D eigenvalue weighted by Gasteiger charge is -2.06. The number of anilines is 1. The van der Waals surface area contributed by atoms with Crippen molar-refractivity contribution in [3.05, 3.63) is 52.2 Å². The molecule has 1 aromatic carbocycles. The first-order valence-electron chi connectivity index (χ1n) is 5.99. The quantitative estimate of drug-likeness (QED) is 0.800. The van der Waals surface area contributed by atoms with Crippen LogP contribution in [0.15, 0.2) is 41.8 Å². The van der Waals surface area contributed by atoms with Gasteiger partial charge in [-0.3, -0.25) is 4.79 Å². The van der Waals surface area contributed by atoms with Gasteiger partial charge in [-0.1, -0.05) is 28.8 Å². The van der Waals surface area contributed by atoms with E-state index in [-0.39, 0.29) is 5.91 Å². The molecule has 0 radical (unpaired) electrons. The molecule has 100 valence electrons. The van der Waals surface area contributed by atoms with E-state index in [1.165, 1.54) is 0 Å². The highest BCUT2D eigenvalue weighted by molar-refractivity contribution is 7.14. The van der Waals surface area contributed by atoms with Crippen molar-refractivity contribution in [1.82, 2.24) is 9.59 Å². The van der Waals surface area contributed by atoms with Gasteiger partial charge in [0.05, 0.1) is 4.88 Å². The zero-order valence-corrected chi connectivity index (χ0v) is 12.3. The van der Waals surface area contributed by atoms with Gasteiger partial charge in [-0.05, 0) is 41.5 Å². The number of carbonyl (C=O) groups excluding carboxylic acids is 1. The maximum Gasteiger partial charge on any atom is 0.269 e. The number of aromatic nitrogens is 2. The first kappa shape index (κ1) is 13.0. The van der Waals surface area contributed by atoms with E-state index in [1.807, 2.05) is 48.7 Å². The van der Waals surface area contributed by atoms with Crippen LogP contribution < -0.4 is 5.32 Å². The topological polar surface area (TPSA) is 54.9 Å². The Morgan fingerprint density at radius 2 is 2.05 bits per heavy atom. The van der Waals surface area contributed by atoms with Crippen LogP contribution in [-0.4, -0.2) is 15.5 Å². The number of hydrogen-bond donors (Lipinski definition) is 1. The van der Waals surface area contributed by atoms with Crippen LogP contribution in [0.2, 0.25) is 0 Å². The predicted octanol–water partition coefficient (Wildman–Crippen LogP) is 3.83. The fraction of sp³-hybridized carbons (Fsp3) is 0.0714. The minimum Gasteiger partial charge on any atom is -0.321 e. The van der Waals surface area contributed by atoms with Gasteiger partial charge >= 0.3 is 0 Å². The van der Waals surface area contributed by atoms with E-state index in [0.29, 0.717) is 10.6 Å². The number of amides is 1. The molecule has 0 fully saturated rings. The molecule has 20 heavy (non-hydrogen) atoms. The Balaban J connectivity index is 1.89. The third-order valence-electron chi connectivity index (χ3n) is 2.84. The van der Waals surface area contributed by atoms with E-state index < -0.39 is 0 Å². The van der Waals surface area contributed by atoms with Crippen molar-refractivity contribution in [1.29, 1.82) is 0 Å². The molecule has 1 N–H and O–H groups in total. The smallest absolute Gasteiger partial charge is 0.269 e. The second-order valence-electron chi connectivity index (χ2n) is 4.20. The third-order valence-corrected chi connectivity index (χ3v) is 4.44. The Labute approximate surface area is 124 Å². The molecule has 0 aliphatic heterocycles. The third kappa shape index (κ3) is 2.48. The van der Waals surface area contributed by atoms with Crippen LogP contribution in [0.5, 0.6) is 0 Å². The highest BCUT2D eigenvalue weighted by Gasteiger charge is 2.18. The Bertz CT molecular complexity index is 734. The number of para-hydroxylation sites is 1. The minimum atomic E-state index is -0.169. The van der Waals surface area contributed by atoms with Gasteiger partial charge < -0.3 is 5.32 Å². The van der Waals surface area contributed by atoms with E-state index in [4.69, 9.17) is 0 Å². The van der Waals surface area contributed by atoms with Crippen molar-refractivity contribution in [3.63, 3.8) is 0 Å². The molecule has 0 aliphatic rings. The lowest BCUT2D eigenvalue weighted by atomic mass is 10.2. The normalized spacial score (nSPS) is 10.4. The Kier molecular flexibility index (Phi) is 3.58. The first-order chi connectivity index (χ1) is 9.75. The lowest BCUT2D eigenvalue weighted by molar-refractivity contribution is 0.103. The van der Waals surface area contributed by atoms with Crippen LogP contribution >= 0.6 is 22.9 Å². The fourth-order valence-electron chi connectivity index (χ4n) is 1.81. The molecule has 0 saturated heterocycles. The van der Waals surface area contributed by atoms with Gasteiger partial charge in [0.15, 0.2) is 0 Å². The number of nitrogens with one attached hydrogen (secondary N) is 1. The Morgan fingerprint density at radius 1 is 1.20 bits per heavy atom. The minimum absolute atomic E-state index is 0.169. The Morgan fingerprint density at radius 3 is 2.80 bits per heavy atom. The molecule has 0 atom stereocenters. The number of benzene rings is 1. The summed E-state index contributed by atoms with van der Waals surface area (Å²) in [7, 11) is 0. The zero-order valence-electron chi connectivity index (χ0n) is 10.7. The maximum absolute atomic E-state index is 12.4. The van der Waals surface area contributed by atoms with Crippen molar-refractivity contribution in [2.24, 2.45) is 0 Å². The van der Waals surface area contributed by atoms with Gasteiger partial charge in [-0.25, -0.2) is 0 Å². The summed E-state index contributed by atoms with van der Waals surface area (Å²) in [5.74, 6) is -0.169. The molecule has 2 aromatic heterocycles. The number of rotatable bonds is 3. The predicted molar refractivity (Wildman–Crippen MR) is 82.4 cm³/mol. The maximum atomic E-state index is 12.4. The van der Waals surface area contributed by atoms with E-state index in [9.17, 15) is 4.79 Å². The van der Waals surface area contributed by atoms with Gasteiger partial charge in [0.1, 0.15) is 10.6 Å². The first-order valence-corrected chi connectivity index (χ1v) is 7.64. The van der Waals surface area contributed by atoms with Crippen molar-refractivity contribution >= 4 is 34.5 Å². The zero-order chi connectivity index (χ0) is 13.9. The van der Waals surface area contributed by atoms with Crippen molar-refractivity contribution in [3.8, 4) is 10.6 Å². The van der Waals surface area contributed by atoms with Gasteiger partial charge in [-0.15, -0.1) is 16.4 Å². The number of carbonyl (C=O) groups is 1. The molecule has 0 bridgehead atoms. The number of thiophene rings is 1. The van der Waals surface area contributed by atoms with Crippen molar-refractivity contribution < 1.29 is 4.79 Å². The van der Waals surface area contributed by atoms with Crippen LogP contribution in [0.4, 0.5) is 5.69 Å². The van der Waals surface area contributed by atoms with Crippen LogP contribution in [0, 0.1) is 6.92 Å². The molecule has 0 spiro atoms. The van der Waals surface area contributed by atoms with Gasteiger partial charge in [0, 0.05) is 5.69 Å². The van der Waals surface area contributed by atoms with Crippen LogP contribution in [0.3, 0.4) is 0 Å². The summed E-state index contributed by atoms with van der Waals surface area (Å²) in [5, 5.41) is 8.93. The van der Waals surface area contributed by atoms with Crippen LogP contribution in [0.1, 0.15) is 15.2 Å². The summed E-state index contributed by atoms with van der Waals surface area (Å²) in [6.45, 7) is 1.96. The molecule has 1 amide bonds. The van der Waals surface area contributed by atoms with Gasteiger partial charge in [0.2, 0.25) is 0 Å². The molecule has 3 aromatic rings. The summed E-state index contributed by atoms with van der Waals surface area (Å²) in [5.41, 5.74) is 2.48. The monoisotopic (exact) mass is 301 g/mol. The second-order valence-corrected chi connectivity index (χ2v) is 5.90. The largest absolute Gasteiger partial charge is 0.321 e. The van der Waals surface area contributed by atoms with Crippen molar-refractivity contribution in [2.45, 2.75) is 6.92 Å². The Hall–Kier alpha value is -2.05. The molecule has 0 unspecified atom stereocenters. The van der Waals surface area contributed by atoms with E-state index in [1.54, 1.807) is 11.3 Å². The summed E-state index contributed by atoms with van der Waals surface area (Å²) >= 11 is 2.66. The number of nitrogens with zero attached hydrogens (tertiary/aromatic N) is 2.